The maximum atomic E-state index is 12.6. The van der Waals surface area contributed by atoms with E-state index in [0.29, 0.717) is 0 Å². The van der Waals surface area contributed by atoms with Crippen LogP contribution in [-0.4, -0.2) is 49.3 Å². The number of carbonyl (C=O) groups is 2. The number of nitrogens with zero attached hydrogens (tertiary/aromatic N) is 2. The zero-order valence-corrected chi connectivity index (χ0v) is 17.4. The lowest BCUT2D eigenvalue weighted by atomic mass is 10.0. The number of likely N-dealkylation sites (N-methyl/N-ethyl adjacent to an activating group) is 1. The third kappa shape index (κ3) is 6.65. The Morgan fingerprint density at radius 2 is 1.83 bits per heavy atom. The van der Waals surface area contributed by atoms with E-state index in [4.69, 9.17) is 4.74 Å². The van der Waals surface area contributed by atoms with Gasteiger partial charge in [-0.2, -0.15) is 4.31 Å². The van der Waals surface area contributed by atoms with E-state index in [2.05, 4.69) is 10.3 Å². The van der Waals surface area contributed by atoms with Gasteiger partial charge in [0.05, 0.1) is 25.1 Å². The molecule has 1 unspecified atom stereocenters. The lowest BCUT2D eigenvalue weighted by molar-refractivity contribution is -0.148. The number of hydrogen-bond acceptors (Lipinski definition) is 6. The molecule has 0 radical (unpaired) electrons. The molecule has 29 heavy (non-hydrogen) atoms. The van der Waals surface area contributed by atoms with Crippen molar-refractivity contribution in [2.24, 2.45) is 0 Å². The average molecular weight is 420 g/mol. The minimum absolute atomic E-state index is 0.00424. The average Bonchev–Trinajstić information content (AvgIpc) is 2.68. The predicted molar refractivity (Wildman–Crippen MR) is 107 cm³/mol. The van der Waals surface area contributed by atoms with Gasteiger partial charge < -0.3 is 10.1 Å². The second-order valence-electron chi connectivity index (χ2n) is 6.72. The van der Waals surface area contributed by atoms with Crippen LogP contribution in [-0.2, 0) is 24.3 Å². The number of esters is 1. The lowest BCUT2D eigenvalue weighted by Gasteiger charge is -2.22. The van der Waals surface area contributed by atoms with Gasteiger partial charge in [-0.25, -0.2) is 8.42 Å². The Morgan fingerprint density at radius 1 is 1.14 bits per heavy atom. The molecule has 0 spiro atoms. The second-order valence-corrected chi connectivity index (χ2v) is 8.77. The summed E-state index contributed by atoms with van der Waals surface area (Å²) in [5.74, 6) is -0.989. The van der Waals surface area contributed by atoms with Crippen molar-refractivity contribution >= 4 is 21.9 Å². The number of aromatic nitrogens is 1. The fourth-order valence-electron chi connectivity index (χ4n) is 2.62. The van der Waals surface area contributed by atoms with E-state index >= 15 is 0 Å². The molecule has 0 fully saturated rings. The van der Waals surface area contributed by atoms with E-state index in [0.717, 1.165) is 9.87 Å². The van der Waals surface area contributed by atoms with Gasteiger partial charge >= 0.3 is 5.97 Å². The van der Waals surface area contributed by atoms with Crippen LogP contribution in [0, 0.1) is 0 Å². The fraction of sp³-hybridized carbons (Fsp3) is 0.350. The molecular formula is C20H25N3O5S. The first-order valence-corrected chi connectivity index (χ1v) is 10.5. The molecule has 0 saturated carbocycles. The van der Waals surface area contributed by atoms with Crippen molar-refractivity contribution in [1.29, 1.82) is 0 Å². The van der Waals surface area contributed by atoms with E-state index in [1.165, 1.54) is 31.6 Å². The minimum Gasteiger partial charge on any atom is -0.463 e. The van der Waals surface area contributed by atoms with Gasteiger partial charge in [0.25, 0.3) is 0 Å². The van der Waals surface area contributed by atoms with Gasteiger partial charge in [-0.3, -0.25) is 14.6 Å². The van der Waals surface area contributed by atoms with Crippen molar-refractivity contribution in [3.8, 4) is 0 Å². The van der Waals surface area contributed by atoms with Crippen molar-refractivity contribution in [2.45, 2.75) is 37.3 Å². The SMILES string of the molecule is CC(C)OC(=O)CC(NC(=O)CN(C)S(=O)(=O)c1cccnc1)c1ccccc1. The van der Waals surface area contributed by atoms with Crippen molar-refractivity contribution in [3.63, 3.8) is 0 Å². The number of ether oxygens (including phenoxy) is 1. The highest BCUT2D eigenvalue weighted by molar-refractivity contribution is 7.89. The Hall–Kier alpha value is -2.78. The van der Waals surface area contributed by atoms with Crippen molar-refractivity contribution in [1.82, 2.24) is 14.6 Å². The molecule has 0 aliphatic rings. The fourth-order valence-corrected chi connectivity index (χ4v) is 3.71. The second kappa shape index (κ2) is 10.1. The van der Waals surface area contributed by atoms with Gasteiger partial charge in [0, 0.05) is 19.4 Å². The Bertz CT molecular complexity index is 918. The molecular weight excluding hydrogens is 394 g/mol. The van der Waals surface area contributed by atoms with Crippen molar-refractivity contribution in [3.05, 3.63) is 60.4 Å². The summed E-state index contributed by atoms with van der Waals surface area (Å²) in [6, 6.07) is 11.3. The van der Waals surface area contributed by atoms with Crippen LogP contribution in [0.4, 0.5) is 0 Å². The van der Waals surface area contributed by atoms with E-state index in [1.54, 1.807) is 38.1 Å². The van der Waals surface area contributed by atoms with Crippen molar-refractivity contribution in [2.75, 3.05) is 13.6 Å². The third-order valence-electron chi connectivity index (χ3n) is 3.98. The first kappa shape index (κ1) is 22.5. The van der Waals surface area contributed by atoms with Crippen LogP contribution in [0.25, 0.3) is 0 Å². The van der Waals surface area contributed by atoms with E-state index in [-0.39, 0.29) is 17.4 Å². The summed E-state index contributed by atoms with van der Waals surface area (Å²) in [7, 11) is -2.54. The summed E-state index contributed by atoms with van der Waals surface area (Å²) >= 11 is 0. The first-order chi connectivity index (χ1) is 13.7. The van der Waals surface area contributed by atoms with Gasteiger partial charge in [0.2, 0.25) is 15.9 Å². The van der Waals surface area contributed by atoms with Crippen LogP contribution in [0.1, 0.15) is 31.9 Å². The maximum Gasteiger partial charge on any atom is 0.308 e. The molecule has 156 valence electrons. The Kier molecular flexibility index (Phi) is 7.86. The number of rotatable bonds is 9. The van der Waals surface area contributed by atoms with E-state index in [1.807, 2.05) is 6.07 Å². The minimum atomic E-state index is -3.86. The number of pyridine rings is 1. The molecule has 1 aromatic carbocycles. The van der Waals surface area contributed by atoms with Gasteiger partial charge in [-0.1, -0.05) is 30.3 Å². The number of carbonyl (C=O) groups excluding carboxylic acids is 2. The number of hydrogen-bond donors (Lipinski definition) is 1. The Morgan fingerprint density at radius 3 is 2.41 bits per heavy atom. The third-order valence-corrected chi connectivity index (χ3v) is 5.77. The van der Waals surface area contributed by atoms with Crippen LogP contribution in [0.2, 0.25) is 0 Å². The van der Waals surface area contributed by atoms with Crippen LogP contribution in [0.15, 0.2) is 59.8 Å². The van der Waals surface area contributed by atoms with Crippen LogP contribution < -0.4 is 5.32 Å². The molecule has 0 saturated heterocycles. The molecule has 1 atom stereocenters. The highest BCUT2D eigenvalue weighted by Crippen LogP contribution is 2.18. The summed E-state index contributed by atoms with van der Waals surface area (Å²) in [5.41, 5.74) is 0.722. The van der Waals surface area contributed by atoms with Gasteiger partial charge in [0.1, 0.15) is 4.90 Å². The molecule has 1 heterocycles. The topological polar surface area (TPSA) is 106 Å². The lowest BCUT2D eigenvalue weighted by Crippen LogP contribution is -2.40. The monoisotopic (exact) mass is 419 g/mol. The van der Waals surface area contributed by atoms with E-state index in [9.17, 15) is 18.0 Å². The van der Waals surface area contributed by atoms with Gasteiger partial charge in [-0.15, -0.1) is 0 Å². The largest absolute Gasteiger partial charge is 0.463 e. The normalized spacial score (nSPS) is 12.6. The maximum absolute atomic E-state index is 12.6. The van der Waals surface area contributed by atoms with Crippen LogP contribution in [0.3, 0.4) is 0 Å². The highest BCUT2D eigenvalue weighted by Gasteiger charge is 2.25. The molecule has 1 N–H and O–H groups in total. The van der Waals surface area contributed by atoms with E-state index < -0.39 is 34.5 Å². The number of benzene rings is 1. The zero-order chi connectivity index (χ0) is 21.4. The summed E-state index contributed by atoms with van der Waals surface area (Å²) in [6.07, 6.45) is 2.35. The molecule has 9 heteroatoms. The number of sulfonamides is 1. The summed E-state index contributed by atoms with van der Waals surface area (Å²) in [4.78, 5) is 28.4. The number of nitrogens with one attached hydrogen (secondary N) is 1. The molecule has 8 nitrogen and oxygen atoms in total. The summed E-state index contributed by atoms with van der Waals surface area (Å²) in [6.45, 7) is 3.08. The zero-order valence-electron chi connectivity index (χ0n) is 16.6. The highest BCUT2D eigenvalue weighted by atomic mass is 32.2. The molecule has 0 aliphatic heterocycles. The van der Waals surface area contributed by atoms with Crippen molar-refractivity contribution < 1.29 is 22.7 Å². The predicted octanol–water partition coefficient (Wildman–Crippen LogP) is 1.90. The standard InChI is InChI=1S/C20H25N3O5S/c1-15(2)28-20(25)12-18(16-8-5-4-6-9-16)22-19(24)14-23(3)29(26,27)17-10-7-11-21-13-17/h4-11,13,15,18H,12,14H2,1-3H3,(H,22,24). The smallest absolute Gasteiger partial charge is 0.308 e. The van der Waals surface area contributed by atoms with Crippen LogP contribution in [0.5, 0.6) is 0 Å². The Balaban J connectivity index is 2.10. The molecule has 1 amide bonds. The van der Waals surface area contributed by atoms with Crippen LogP contribution >= 0.6 is 0 Å². The molecule has 0 bridgehead atoms. The summed E-state index contributed by atoms with van der Waals surface area (Å²) in [5, 5.41) is 2.73. The van der Waals surface area contributed by atoms with Gasteiger partial charge in [0.15, 0.2) is 0 Å². The molecule has 2 aromatic rings. The quantitative estimate of drug-likeness (QED) is 0.623. The Labute approximate surface area is 170 Å². The number of amides is 1. The molecule has 0 aliphatic carbocycles. The molecule has 1 aromatic heterocycles. The first-order valence-electron chi connectivity index (χ1n) is 9.10. The van der Waals surface area contributed by atoms with Gasteiger partial charge in [-0.05, 0) is 31.5 Å². The summed E-state index contributed by atoms with van der Waals surface area (Å²) < 4.78 is 31.2. The molecule has 2 rings (SSSR count).